The van der Waals surface area contributed by atoms with Crippen LogP contribution in [0.3, 0.4) is 0 Å². The van der Waals surface area contributed by atoms with E-state index in [1.54, 1.807) is 12.1 Å². The summed E-state index contributed by atoms with van der Waals surface area (Å²) in [5, 5.41) is 3.30. The number of fused-ring (bicyclic) bond motifs is 1. The van der Waals surface area contributed by atoms with Gasteiger partial charge in [0.25, 0.3) is 0 Å². The zero-order chi connectivity index (χ0) is 18.3. The monoisotopic (exact) mass is 445 g/mol. The summed E-state index contributed by atoms with van der Waals surface area (Å²) in [6.07, 6.45) is 3.02. The van der Waals surface area contributed by atoms with Crippen molar-refractivity contribution >= 4 is 45.7 Å². The van der Waals surface area contributed by atoms with Crippen molar-refractivity contribution in [1.82, 2.24) is 15.3 Å². The summed E-state index contributed by atoms with van der Waals surface area (Å²) in [6, 6.07) is 10.1. The van der Waals surface area contributed by atoms with E-state index < -0.39 is 9.84 Å². The van der Waals surface area contributed by atoms with Crippen molar-refractivity contribution in [3.63, 3.8) is 0 Å². The van der Waals surface area contributed by atoms with E-state index in [0.717, 1.165) is 37.1 Å². The van der Waals surface area contributed by atoms with Crippen LogP contribution < -0.4 is 5.32 Å². The molecular formula is C19H22Cl2FN3O2S. The molecule has 3 aromatic rings. The molecular weight excluding hydrogens is 424 g/mol. The molecule has 2 aromatic carbocycles. The molecule has 1 fully saturated rings. The van der Waals surface area contributed by atoms with Crippen molar-refractivity contribution in [3.05, 3.63) is 47.8 Å². The number of hydrogen-bond acceptors (Lipinski definition) is 4. The van der Waals surface area contributed by atoms with E-state index in [1.807, 2.05) is 12.1 Å². The van der Waals surface area contributed by atoms with Crippen LogP contribution >= 0.6 is 24.8 Å². The molecule has 1 saturated heterocycles. The second-order valence-electron chi connectivity index (χ2n) is 6.77. The van der Waals surface area contributed by atoms with Crippen LogP contribution in [0.1, 0.15) is 24.3 Å². The van der Waals surface area contributed by atoms with E-state index in [0.29, 0.717) is 16.9 Å². The zero-order valence-electron chi connectivity index (χ0n) is 15.2. The highest BCUT2D eigenvalue weighted by molar-refractivity contribution is 7.90. The fourth-order valence-electron chi connectivity index (χ4n) is 3.51. The Morgan fingerprint density at radius 1 is 1.04 bits per heavy atom. The standard InChI is InChI=1S/C19H20FN3O2S.2ClH/c1-26(24,25)14-4-2-13(3-5-14)19-22-16-7-6-15(17(20)18(16)23-19)12-8-10-21-11-9-12;;/h2-7,12,21H,8-11H2,1H3,(H,22,23);2*1H. The maximum atomic E-state index is 15.0. The van der Waals surface area contributed by atoms with Gasteiger partial charge in [-0.05, 0) is 67.7 Å². The Labute approximate surface area is 175 Å². The number of sulfone groups is 1. The van der Waals surface area contributed by atoms with E-state index in [-0.39, 0.29) is 41.4 Å². The largest absolute Gasteiger partial charge is 0.336 e. The number of hydrogen-bond donors (Lipinski definition) is 2. The van der Waals surface area contributed by atoms with Gasteiger partial charge < -0.3 is 10.3 Å². The first-order chi connectivity index (χ1) is 12.4. The van der Waals surface area contributed by atoms with Gasteiger partial charge in [-0.25, -0.2) is 17.8 Å². The summed E-state index contributed by atoms with van der Waals surface area (Å²) >= 11 is 0. The van der Waals surface area contributed by atoms with Gasteiger partial charge in [-0.3, -0.25) is 0 Å². The zero-order valence-corrected chi connectivity index (χ0v) is 17.7. The molecule has 1 aliphatic heterocycles. The van der Waals surface area contributed by atoms with E-state index in [2.05, 4.69) is 15.3 Å². The Kier molecular flexibility index (Phi) is 7.09. The van der Waals surface area contributed by atoms with Gasteiger partial charge in [0, 0.05) is 11.8 Å². The molecule has 9 heteroatoms. The Morgan fingerprint density at radius 3 is 2.29 bits per heavy atom. The van der Waals surface area contributed by atoms with Crippen LogP contribution in [0.15, 0.2) is 41.3 Å². The molecule has 1 aromatic heterocycles. The number of rotatable bonds is 3. The lowest BCUT2D eigenvalue weighted by Gasteiger charge is -2.23. The second kappa shape index (κ2) is 8.78. The molecule has 28 heavy (non-hydrogen) atoms. The highest BCUT2D eigenvalue weighted by Gasteiger charge is 2.21. The fraction of sp³-hybridized carbons (Fsp3) is 0.316. The lowest BCUT2D eigenvalue weighted by atomic mass is 9.89. The number of piperidine rings is 1. The molecule has 1 aliphatic rings. The summed E-state index contributed by atoms with van der Waals surface area (Å²) in [4.78, 5) is 7.78. The van der Waals surface area contributed by atoms with E-state index in [9.17, 15) is 8.42 Å². The van der Waals surface area contributed by atoms with E-state index >= 15 is 4.39 Å². The quantitative estimate of drug-likeness (QED) is 0.636. The third kappa shape index (κ3) is 4.33. The normalized spacial score (nSPS) is 15.1. The van der Waals surface area contributed by atoms with Crippen molar-refractivity contribution in [3.8, 4) is 11.4 Å². The number of benzene rings is 2. The molecule has 2 heterocycles. The summed E-state index contributed by atoms with van der Waals surface area (Å²) in [6.45, 7) is 1.81. The first kappa shape index (κ1) is 22.6. The summed E-state index contributed by atoms with van der Waals surface area (Å²) < 4.78 is 38.2. The number of nitrogens with zero attached hydrogens (tertiary/aromatic N) is 1. The SMILES string of the molecule is CS(=O)(=O)c1ccc(-c2nc3ccc(C4CCNCC4)c(F)c3[nH]2)cc1.Cl.Cl. The lowest BCUT2D eigenvalue weighted by molar-refractivity contribution is 0.446. The third-order valence-corrected chi connectivity index (χ3v) is 6.09. The molecule has 0 spiro atoms. The number of H-pyrrole nitrogens is 1. The van der Waals surface area contributed by atoms with Crippen LogP contribution in [-0.4, -0.2) is 37.7 Å². The van der Waals surface area contributed by atoms with Gasteiger partial charge in [0.05, 0.1) is 10.4 Å². The van der Waals surface area contributed by atoms with Gasteiger partial charge in [-0.2, -0.15) is 0 Å². The van der Waals surface area contributed by atoms with Gasteiger partial charge in [0.2, 0.25) is 0 Å². The highest BCUT2D eigenvalue weighted by atomic mass is 35.5. The first-order valence-corrected chi connectivity index (χ1v) is 10.5. The number of halogens is 3. The Morgan fingerprint density at radius 2 is 1.68 bits per heavy atom. The molecule has 152 valence electrons. The minimum absolute atomic E-state index is 0. The maximum absolute atomic E-state index is 15.0. The molecule has 0 aliphatic carbocycles. The first-order valence-electron chi connectivity index (χ1n) is 8.63. The van der Waals surface area contributed by atoms with Crippen LogP contribution in [-0.2, 0) is 9.84 Å². The van der Waals surface area contributed by atoms with Crippen molar-refractivity contribution < 1.29 is 12.8 Å². The molecule has 0 bridgehead atoms. The molecule has 4 rings (SSSR count). The summed E-state index contributed by atoms with van der Waals surface area (Å²) in [7, 11) is -3.25. The molecule has 2 N–H and O–H groups in total. The van der Waals surface area contributed by atoms with Crippen LogP contribution in [0.2, 0.25) is 0 Å². The maximum Gasteiger partial charge on any atom is 0.175 e. The van der Waals surface area contributed by atoms with E-state index in [1.165, 1.54) is 18.4 Å². The molecule has 0 radical (unpaired) electrons. The van der Waals surface area contributed by atoms with Crippen molar-refractivity contribution in [1.29, 1.82) is 0 Å². The molecule has 0 amide bonds. The van der Waals surface area contributed by atoms with E-state index in [4.69, 9.17) is 0 Å². The van der Waals surface area contributed by atoms with Crippen LogP contribution in [0.4, 0.5) is 4.39 Å². The predicted molar refractivity (Wildman–Crippen MR) is 114 cm³/mol. The van der Waals surface area contributed by atoms with Gasteiger partial charge in [0.1, 0.15) is 11.3 Å². The lowest BCUT2D eigenvalue weighted by Crippen LogP contribution is -2.27. The average molecular weight is 446 g/mol. The topological polar surface area (TPSA) is 74.8 Å². The predicted octanol–water partition coefficient (Wildman–Crippen LogP) is 4.08. The third-order valence-electron chi connectivity index (χ3n) is 4.96. The van der Waals surface area contributed by atoms with Crippen molar-refractivity contribution in [2.45, 2.75) is 23.7 Å². The minimum atomic E-state index is -3.25. The smallest absolute Gasteiger partial charge is 0.175 e. The van der Waals surface area contributed by atoms with Crippen molar-refractivity contribution in [2.75, 3.05) is 19.3 Å². The van der Waals surface area contributed by atoms with Crippen molar-refractivity contribution in [2.24, 2.45) is 0 Å². The molecule has 0 saturated carbocycles. The van der Waals surface area contributed by atoms with Crippen LogP contribution in [0, 0.1) is 5.82 Å². The molecule has 0 atom stereocenters. The minimum Gasteiger partial charge on any atom is -0.336 e. The van der Waals surface area contributed by atoms with Gasteiger partial charge in [-0.15, -0.1) is 24.8 Å². The summed E-state index contributed by atoms with van der Waals surface area (Å²) in [5.41, 5.74) is 2.43. The Hall–Kier alpha value is -1.67. The summed E-state index contributed by atoms with van der Waals surface area (Å²) in [5.74, 6) is 0.517. The Bertz CT molecular complexity index is 1060. The highest BCUT2D eigenvalue weighted by Crippen LogP contribution is 2.32. The van der Waals surface area contributed by atoms with Gasteiger partial charge >= 0.3 is 0 Å². The second-order valence-corrected chi connectivity index (χ2v) is 8.78. The van der Waals surface area contributed by atoms with Crippen LogP contribution in [0.25, 0.3) is 22.4 Å². The average Bonchev–Trinajstić information content (AvgIpc) is 3.07. The van der Waals surface area contributed by atoms with Gasteiger partial charge in [-0.1, -0.05) is 6.07 Å². The van der Waals surface area contributed by atoms with Crippen LogP contribution in [0.5, 0.6) is 0 Å². The number of imidazole rings is 1. The number of aromatic nitrogens is 2. The number of aromatic amines is 1. The Balaban J connectivity index is 0.00000140. The van der Waals surface area contributed by atoms with Gasteiger partial charge in [0.15, 0.2) is 15.7 Å². The number of nitrogens with one attached hydrogen (secondary N) is 2. The fourth-order valence-corrected chi connectivity index (χ4v) is 4.14. The molecule has 0 unspecified atom stereocenters. The molecule has 5 nitrogen and oxygen atoms in total.